The van der Waals surface area contributed by atoms with E-state index in [9.17, 15) is 19.8 Å². The molecule has 0 aromatic carbocycles. The molecule has 2 N–H and O–H groups in total. The first kappa shape index (κ1) is 48.9. The highest BCUT2D eigenvalue weighted by atomic mass is 16.4. The van der Waals surface area contributed by atoms with Gasteiger partial charge in [-0.05, 0) is 37.5 Å². The SMILES string of the molecule is CC(C)CCCCCCCCCCCCCCCCCC(CCCCCCCCCCCCCCCCCC(C)C)(CCCC(=O)O)C(=O)O. The summed E-state index contributed by atoms with van der Waals surface area (Å²) >= 11 is 0. The topological polar surface area (TPSA) is 74.6 Å². The van der Waals surface area contributed by atoms with Crippen molar-refractivity contribution in [1.29, 1.82) is 0 Å². The van der Waals surface area contributed by atoms with Crippen molar-refractivity contribution in [2.75, 3.05) is 0 Å². The molecule has 0 saturated heterocycles. The lowest BCUT2D eigenvalue weighted by Gasteiger charge is -2.30. The third-order valence-electron chi connectivity index (χ3n) is 11.4. The average molecular weight is 707 g/mol. The number of unbranched alkanes of at least 4 members (excludes halogenated alkanes) is 28. The van der Waals surface area contributed by atoms with Gasteiger partial charge in [-0.3, -0.25) is 9.59 Å². The summed E-state index contributed by atoms with van der Waals surface area (Å²) in [5.74, 6) is 0.196. The van der Waals surface area contributed by atoms with Crippen molar-refractivity contribution in [3.63, 3.8) is 0 Å². The van der Waals surface area contributed by atoms with Crippen molar-refractivity contribution in [1.82, 2.24) is 0 Å². The Morgan fingerprint density at radius 2 is 0.580 bits per heavy atom. The maximum Gasteiger partial charge on any atom is 0.309 e. The van der Waals surface area contributed by atoms with E-state index >= 15 is 0 Å². The maximum atomic E-state index is 12.6. The van der Waals surface area contributed by atoms with Gasteiger partial charge >= 0.3 is 11.9 Å². The van der Waals surface area contributed by atoms with E-state index in [4.69, 9.17) is 0 Å². The molecule has 4 nitrogen and oxygen atoms in total. The molecule has 0 rings (SSSR count). The summed E-state index contributed by atoms with van der Waals surface area (Å²) in [6.07, 6.45) is 44.7. The lowest BCUT2D eigenvalue weighted by molar-refractivity contribution is -0.151. The summed E-state index contributed by atoms with van der Waals surface area (Å²) in [5.41, 5.74) is -0.738. The van der Waals surface area contributed by atoms with E-state index in [1.54, 1.807) is 0 Å². The minimum atomic E-state index is -0.815. The lowest BCUT2D eigenvalue weighted by Crippen LogP contribution is -2.31. The summed E-state index contributed by atoms with van der Waals surface area (Å²) < 4.78 is 0. The Kier molecular flexibility index (Phi) is 35.5. The van der Waals surface area contributed by atoms with Crippen molar-refractivity contribution in [3.05, 3.63) is 0 Å². The molecule has 298 valence electrons. The Morgan fingerprint density at radius 3 is 0.800 bits per heavy atom. The molecule has 0 heterocycles. The van der Waals surface area contributed by atoms with Crippen LogP contribution in [0.5, 0.6) is 0 Å². The summed E-state index contributed by atoms with van der Waals surface area (Å²) in [5, 5.41) is 19.5. The number of hydrogen-bond acceptors (Lipinski definition) is 2. The van der Waals surface area contributed by atoms with Crippen LogP contribution < -0.4 is 0 Å². The van der Waals surface area contributed by atoms with Crippen molar-refractivity contribution in [2.24, 2.45) is 17.3 Å². The van der Waals surface area contributed by atoms with Crippen LogP contribution in [0.4, 0.5) is 0 Å². The normalized spacial score (nSPS) is 12.0. The predicted molar refractivity (Wildman–Crippen MR) is 218 cm³/mol. The van der Waals surface area contributed by atoms with Gasteiger partial charge in [0.1, 0.15) is 0 Å². The van der Waals surface area contributed by atoms with Crippen molar-refractivity contribution in [3.8, 4) is 0 Å². The highest BCUT2D eigenvalue weighted by Crippen LogP contribution is 2.38. The van der Waals surface area contributed by atoms with E-state index in [0.29, 0.717) is 25.7 Å². The van der Waals surface area contributed by atoms with Gasteiger partial charge in [-0.15, -0.1) is 0 Å². The third-order valence-corrected chi connectivity index (χ3v) is 11.4. The zero-order valence-corrected chi connectivity index (χ0v) is 34.5. The van der Waals surface area contributed by atoms with Crippen LogP contribution in [-0.2, 0) is 9.59 Å². The molecular weight excluding hydrogens is 617 g/mol. The number of hydrogen-bond donors (Lipinski definition) is 2. The second-order valence-electron chi connectivity index (χ2n) is 17.3. The van der Waals surface area contributed by atoms with Crippen LogP contribution in [-0.4, -0.2) is 22.2 Å². The van der Waals surface area contributed by atoms with E-state index < -0.39 is 17.4 Å². The molecule has 0 spiro atoms. The molecule has 0 aromatic rings. The fraction of sp³-hybridized carbons (Fsp3) is 0.957. The Hall–Kier alpha value is -1.06. The molecule has 0 aliphatic heterocycles. The van der Waals surface area contributed by atoms with Gasteiger partial charge in [0.25, 0.3) is 0 Å². The van der Waals surface area contributed by atoms with Crippen LogP contribution in [0.25, 0.3) is 0 Å². The van der Waals surface area contributed by atoms with E-state index in [-0.39, 0.29) is 6.42 Å². The summed E-state index contributed by atoms with van der Waals surface area (Å²) in [6, 6.07) is 0. The molecule has 0 saturated carbocycles. The van der Waals surface area contributed by atoms with Gasteiger partial charge in [0.15, 0.2) is 0 Å². The summed E-state index contributed by atoms with van der Waals surface area (Å²) in [7, 11) is 0. The van der Waals surface area contributed by atoms with E-state index in [1.165, 1.54) is 180 Å². The van der Waals surface area contributed by atoms with E-state index in [2.05, 4.69) is 27.7 Å². The number of aliphatic carboxylic acids is 2. The molecule has 0 atom stereocenters. The molecule has 0 bridgehead atoms. The van der Waals surface area contributed by atoms with Gasteiger partial charge in [0, 0.05) is 6.42 Å². The average Bonchev–Trinajstić information content (AvgIpc) is 3.06. The molecule has 4 heteroatoms. The molecule has 0 aromatic heterocycles. The first-order valence-corrected chi connectivity index (χ1v) is 22.6. The van der Waals surface area contributed by atoms with Gasteiger partial charge in [-0.2, -0.15) is 0 Å². The monoisotopic (exact) mass is 707 g/mol. The molecule has 0 aliphatic carbocycles. The third kappa shape index (κ3) is 34.0. The Morgan fingerprint density at radius 1 is 0.360 bits per heavy atom. The molecular formula is C46H90O4. The highest BCUT2D eigenvalue weighted by Gasteiger charge is 2.36. The zero-order valence-electron chi connectivity index (χ0n) is 34.5. The quantitative estimate of drug-likeness (QED) is 0.0621. The predicted octanol–water partition coefficient (Wildman–Crippen LogP) is 15.9. The van der Waals surface area contributed by atoms with Gasteiger partial charge in [-0.25, -0.2) is 0 Å². The Bertz CT molecular complexity index is 688. The van der Waals surface area contributed by atoms with Crippen LogP contribution in [0.1, 0.15) is 265 Å². The largest absolute Gasteiger partial charge is 0.481 e. The van der Waals surface area contributed by atoms with E-state index in [0.717, 1.165) is 37.5 Å². The van der Waals surface area contributed by atoms with Crippen LogP contribution in [0.2, 0.25) is 0 Å². The first-order valence-electron chi connectivity index (χ1n) is 22.6. The van der Waals surface area contributed by atoms with Crippen molar-refractivity contribution < 1.29 is 19.8 Å². The second-order valence-corrected chi connectivity index (χ2v) is 17.3. The highest BCUT2D eigenvalue weighted by molar-refractivity contribution is 5.74. The number of carboxylic acids is 2. The lowest BCUT2D eigenvalue weighted by atomic mass is 9.74. The Balaban J connectivity index is 3.98. The maximum absolute atomic E-state index is 12.6. The van der Waals surface area contributed by atoms with Gasteiger partial charge < -0.3 is 10.2 Å². The van der Waals surface area contributed by atoms with Crippen molar-refractivity contribution in [2.45, 2.75) is 265 Å². The number of carboxylic acid groups (broad SMARTS) is 2. The molecule has 0 fully saturated rings. The number of carbonyl (C=O) groups is 2. The molecule has 0 amide bonds. The smallest absolute Gasteiger partial charge is 0.309 e. The zero-order chi connectivity index (χ0) is 37.0. The second kappa shape index (κ2) is 36.3. The first-order chi connectivity index (χ1) is 24.2. The molecule has 50 heavy (non-hydrogen) atoms. The van der Waals surface area contributed by atoms with Crippen LogP contribution in [0.3, 0.4) is 0 Å². The van der Waals surface area contributed by atoms with Gasteiger partial charge in [0.2, 0.25) is 0 Å². The van der Waals surface area contributed by atoms with Crippen LogP contribution in [0.15, 0.2) is 0 Å². The van der Waals surface area contributed by atoms with Gasteiger partial charge in [0.05, 0.1) is 5.41 Å². The minimum absolute atomic E-state index is 0.0753. The van der Waals surface area contributed by atoms with Crippen LogP contribution in [0, 0.1) is 17.3 Å². The van der Waals surface area contributed by atoms with E-state index in [1.807, 2.05) is 0 Å². The number of rotatable bonds is 41. The molecule has 0 radical (unpaired) electrons. The van der Waals surface area contributed by atoms with Crippen LogP contribution >= 0.6 is 0 Å². The van der Waals surface area contributed by atoms with Crippen molar-refractivity contribution >= 4 is 11.9 Å². The fourth-order valence-corrected chi connectivity index (χ4v) is 7.90. The van der Waals surface area contributed by atoms with Gasteiger partial charge in [-0.1, -0.05) is 233 Å². The fourth-order valence-electron chi connectivity index (χ4n) is 7.90. The minimum Gasteiger partial charge on any atom is -0.481 e. The molecule has 0 unspecified atom stereocenters. The standard InChI is InChI=1S/C46H90O4/c1-42(2)36-31-27-23-19-15-11-7-5-9-13-17-21-25-29-33-39-46(45(49)50,41-35-38-44(47)48)40-34-30-26-22-18-14-10-6-8-12-16-20-24-28-32-37-43(3)4/h42-43H,5-41H2,1-4H3,(H,47,48)(H,49,50). The summed E-state index contributed by atoms with van der Waals surface area (Å²) in [4.78, 5) is 23.8. The Labute approximate surface area is 313 Å². The summed E-state index contributed by atoms with van der Waals surface area (Å²) in [6.45, 7) is 9.29. The molecule has 0 aliphatic rings.